The standard InChI is InChI=1S/C15H11BrClNO2/c16-12-5-9-3-4-20-15(9)11(6-12)7-13(19)10-1-2-14(17)18-8-10/h1-2,5-6,8H,3-4,7H2. The molecule has 0 saturated heterocycles. The number of rotatable bonds is 3. The number of benzene rings is 1. The molecule has 1 aromatic carbocycles. The molecule has 5 heteroatoms. The minimum absolute atomic E-state index is 0.00460. The zero-order chi connectivity index (χ0) is 14.1. The lowest BCUT2D eigenvalue weighted by molar-refractivity contribution is 0.0991. The van der Waals surface area contributed by atoms with Gasteiger partial charge in [0.2, 0.25) is 0 Å². The number of hydrogen-bond donors (Lipinski definition) is 0. The van der Waals surface area contributed by atoms with Crippen LogP contribution in [0.3, 0.4) is 0 Å². The molecular weight excluding hydrogens is 342 g/mol. The van der Waals surface area contributed by atoms with Crippen molar-refractivity contribution in [2.75, 3.05) is 6.61 Å². The second-order valence-electron chi connectivity index (χ2n) is 4.62. The number of pyridine rings is 1. The van der Waals surface area contributed by atoms with Gasteiger partial charge in [-0.15, -0.1) is 0 Å². The maximum atomic E-state index is 12.3. The fourth-order valence-electron chi connectivity index (χ4n) is 2.29. The van der Waals surface area contributed by atoms with Gasteiger partial charge in [-0.1, -0.05) is 27.5 Å². The van der Waals surface area contributed by atoms with E-state index >= 15 is 0 Å². The number of Topliss-reactive ketones (excluding diaryl/α,β-unsaturated/α-hetero) is 1. The highest BCUT2D eigenvalue weighted by Gasteiger charge is 2.19. The van der Waals surface area contributed by atoms with Crippen molar-refractivity contribution in [2.24, 2.45) is 0 Å². The van der Waals surface area contributed by atoms with E-state index in [2.05, 4.69) is 20.9 Å². The molecule has 0 unspecified atom stereocenters. The lowest BCUT2D eigenvalue weighted by Crippen LogP contribution is -2.05. The van der Waals surface area contributed by atoms with E-state index in [9.17, 15) is 4.79 Å². The van der Waals surface area contributed by atoms with Crippen molar-refractivity contribution in [2.45, 2.75) is 12.8 Å². The molecule has 2 heterocycles. The maximum Gasteiger partial charge on any atom is 0.168 e. The normalized spacial score (nSPS) is 12.9. The van der Waals surface area contributed by atoms with Crippen LogP contribution in [0.25, 0.3) is 0 Å². The molecule has 1 aliphatic rings. The minimum Gasteiger partial charge on any atom is -0.493 e. The Hall–Kier alpha value is -1.39. The minimum atomic E-state index is 0.00460. The summed E-state index contributed by atoms with van der Waals surface area (Å²) in [6.45, 7) is 0.676. The Morgan fingerprint density at radius 2 is 2.25 bits per heavy atom. The van der Waals surface area contributed by atoms with Crippen LogP contribution < -0.4 is 4.74 Å². The summed E-state index contributed by atoms with van der Waals surface area (Å²) < 4.78 is 6.60. The number of hydrogen-bond acceptors (Lipinski definition) is 3. The number of ether oxygens (including phenoxy) is 1. The summed E-state index contributed by atoms with van der Waals surface area (Å²) in [5.41, 5.74) is 2.62. The number of carbonyl (C=O) groups is 1. The van der Waals surface area contributed by atoms with E-state index in [1.54, 1.807) is 12.1 Å². The Morgan fingerprint density at radius 1 is 1.40 bits per heavy atom. The molecule has 0 atom stereocenters. The van der Waals surface area contributed by atoms with Crippen LogP contribution in [0.1, 0.15) is 21.5 Å². The van der Waals surface area contributed by atoms with Gasteiger partial charge in [0.05, 0.1) is 6.61 Å². The summed E-state index contributed by atoms with van der Waals surface area (Å²) in [5.74, 6) is 0.855. The predicted molar refractivity (Wildman–Crippen MR) is 80.6 cm³/mol. The second-order valence-corrected chi connectivity index (χ2v) is 5.92. The molecule has 0 amide bonds. The van der Waals surface area contributed by atoms with E-state index in [0.29, 0.717) is 23.7 Å². The molecule has 102 valence electrons. The third-order valence-corrected chi connectivity index (χ3v) is 3.91. The van der Waals surface area contributed by atoms with Gasteiger partial charge in [0.1, 0.15) is 10.9 Å². The number of aromatic nitrogens is 1. The fraction of sp³-hybridized carbons (Fsp3) is 0.200. The molecular formula is C15H11BrClNO2. The summed E-state index contributed by atoms with van der Waals surface area (Å²) in [7, 11) is 0. The van der Waals surface area contributed by atoms with Crippen molar-refractivity contribution < 1.29 is 9.53 Å². The van der Waals surface area contributed by atoms with Crippen LogP contribution in [0.15, 0.2) is 34.9 Å². The van der Waals surface area contributed by atoms with Crippen molar-refractivity contribution in [1.82, 2.24) is 4.98 Å². The molecule has 0 spiro atoms. The van der Waals surface area contributed by atoms with E-state index in [1.165, 1.54) is 6.20 Å². The van der Waals surface area contributed by atoms with Crippen molar-refractivity contribution in [3.05, 3.63) is 56.8 Å². The summed E-state index contributed by atoms with van der Waals surface area (Å²) in [6.07, 6.45) is 2.69. The first-order valence-electron chi connectivity index (χ1n) is 6.22. The van der Waals surface area contributed by atoms with Crippen molar-refractivity contribution in [3.63, 3.8) is 0 Å². The van der Waals surface area contributed by atoms with Crippen LogP contribution in [0, 0.1) is 0 Å². The Labute approximate surface area is 130 Å². The van der Waals surface area contributed by atoms with Crippen molar-refractivity contribution >= 4 is 33.3 Å². The third kappa shape index (κ3) is 2.72. The first kappa shape index (κ1) is 13.6. The highest BCUT2D eigenvalue weighted by molar-refractivity contribution is 9.10. The Bertz CT molecular complexity index is 670. The Morgan fingerprint density at radius 3 is 3.00 bits per heavy atom. The van der Waals surface area contributed by atoms with Crippen LogP contribution in [-0.2, 0) is 12.8 Å². The van der Waals surface area contributed by atoms with Gasteiger partial charge in [-0.05, 0) is 29.8 Å². The SMILES string of the molecule is O=C(Cc1cc(Br)cc2c1OCC2)c1ccc(Cl)nc1. The topological polar surface area (TPSA) is 39.2 Å². The molecule has 0 N–H and O–H groups in total. The average Bonchev–Trinajstić information content (AvgIpc) is 2.87. The summed E-state index contributed by atoms with van der Waals surface area (Å²) in [5, 5.41) is 0.383. The van der Waals surface area contributed by atoms with E-state index in [-0.39, 0.29) is 5.78 Å². The zero-order valence-corrected chi connectivity index (χ0v) is 12.9. The van der Waals surface area contributed by atoms with Crippen LogP contribution in [0.4, 0.5) is 0 Å². The number of nitrogens with zero attached hydrogens (tertiary/aromatic N) is 1. The number of halogens is 2. The predicted octanol–water partition coefficient (Wildman–Crippen LogP) is 3.86. The summed E-state index contributed by atoms with van der Waals surface area (Å²) >= 11 is 9.20. The van der Waals surface area contributed by atoms with Gasteiger partial charge in [-0.3, -0.25) is 4.79 Å². The molecule has 0 fully saturated rings. The van der Waals surface area contributed by atoms with Crippen molar-refractivity contribution in [3.8, 4) is 5.75 Å². The quantitative estimate of drug-likeness (QED) is 0.622. The second kappa shape index (κ2) is 5.54. The zero-order valence-electron chi connectivity index (χ0n) is 10.5. The molecule has 3 nitrogen and oxygen atoms in total. The van der Waals surface area contributed by atoms with Gasteiger partial charge < -0.3 is 4.74 Å². The highest BCUT2D eigenvalue weighted by atomic mass is 79.9. The lowest BCUT2D eigenvalue weighted by atomic mass is 10.0. The summed E-state index contributed by atoms with van der Waals surface area (Å²) in [4.78, 5) is 16.2. The van der Waals surface area contributed by atoms with Gasteiger partial charge in [0, 0.05) is 34.6 Å². The molecule has 0 aliphatic carbocycles. The van der Waals surface area contributed by atoms with Gasteiger partial charge in [0.15, 0.2) is 5.78 Å². The highest BCUT2D eigenvalue weighted by Crippen LogP contribution is 2.33. The van der Waals surface area contributed by atoms with E-state index < -0.39 is 0 Å². The van der Waals surface area contributed by atoms with Crippen molar-refractivity contribution in [1.29, 1.82) is 0 Å². The van der Waals surface area contributed by atoms with Crippen LogP contribution in [0.5, 0.6) is 5.75 Å². The Balaban J connectivity index is 1.88. The number of ketones is 1. The first-order chi connectivity index (χ1) is 9.63. The van der Waals surface area contributed by atoms with Crippen LogP contribution in [0.2, 0.25) is 5.15 Å². The van der Waals surface area contributed by atoms with Gasteiger partial charge in [0.25, 0.3) is 0 Å². The first-order valence-corrected chi connectivity index (χ1v) is 7.39. The van der Waals surface area contributed by atoms with Gasteiger partial charge in [-0.25, -0.2) is 4.98 Å². The molecule has 2 aromatic rings. The summed E-state index contributed by atoms with van der Waals surface area (Å²) in [6, 6.07) is 7.29. The molecule has 20 heavy (non-hydrogen) atoms. The van der Waals surface area contributed by atoms with Crippen LogP contribution >= 0.6 is 27.5 Å². The molecule has 3 rings (SSSR count). The van der Waals surface area contributed by atoms with Gasteiger partial charge in [-0.2, -0.15) is 0 Å². The third-order valence-electron chi connectivity index (χ3n) is 3.23. The van der Waals surface area contributed by atoms with Crippen LogP contribution in [-0.4, -0.2) is 17.4 Å². The van der Waals surface area contributed by atoms with E-state index in [1.807, 2.05) is 12.1 Å². The smallest absolute Gasteiger partial charge is 0.168 e. The molecule has 0 bridgehead atoms. The molecule has 1 aromatic heterocycles. The lowest BCUT2D eigenvalue weighted by Gasteiger charge is -2.08. The van der Waals surface area contributed by atoms with E-state index in [4.69, 9.17) is 16.3 Å². The average molecular weight is 353 g/mol. The largest absolute Gasteiger partial charge is 0.493 e. The Kier molecular flexibility index (Phi) is 3.76. The van der Waals surface area contributed by atoms with Gasteiger partial charge >= 0.3 is 0 Å². The monoisotopic (exact) mass is 351 g/mol. The maximum absolute atomic E-state index is 12.3. The molecule has 1 aliphatic heterocycles. The number of carbonyl (C=O) groups excluding carboxylic acids is 1. The van der Waals surface area contributed by atoms with E-state index in [0.717, 1.165) is 27.8 Å². The fourth-order valence-corrected chi connectivity index (χ4v) is 2.96. The number of fused-ring (bicyclic) bond motifs is 1. The molecule has 0 saturated carbocycles. The molecule has 0 radical (unpaired) electrons.